The third-order valence-electron chi connectivity index (χ3n) is 5.74. The Bertz CT molecular complexity index is 1020. The van der Waals surface area contributed by atoms with Crippen LogP contribution in [0.1, 0.15) is 32.8 Å². The molecule has 0 fully saturated rings. The van der Waals surface area contributed by atoms with Crippen LogP contribution in [0.2, 0.25) is 0 Å². The minimum absolute atomic E-state index is 0.00253. The van der Waals surface area contributed by atoms with Gasteiger partial charge in [0, 0.05) is 29.3 Å². The van der Waals surface area contributed by atoms with Gasteiger partial charge in [-0.3, -0.25) is 14.4 Å². The van der Waals surface area contributed by atoms with E-state index in [4.69, 9.17) is 5.73 Å². The van der Waals surface area contributed by atoms with Gasteiger partial charge in [0.25, 0.3) is 0 Å². The number of hydrogen-bond donors (Lipinski definition) is 7. The van der Waals surface area contributed by atoms with Crippen molar-refractivity contribution in [1.29, 1.82) is 0 Å². The first-order valence-electron chi connectivity index (χ1n) is 11.1. The zero-order valence-electron chi connectivity index (χ0n) is 19.5. The van der Waals surface area contributed by atoms with E-state index in [1.165, 1.54) is 6.92 Å². The van der Waals surface area contributed by atoms with Crippen LogP contribution in [-0.2, 0) is 25.6 Å². The topological polar surface area (TPSA) is 166 Å². The zero-order valence-corrected chi connectivity index (χ0v) is 20.4. The summed E-state index contributed by atoms with van der Waals surface area (Å²) in [5.74, 6) is -3.23. The number of nitrogens with two attached hydrogens (primary N) is 1. The summed E-state index contributed by atoms with van der Waals surface area (Å²) in [5.41, 5.74) is 7.16. The molecule has 0 aliphatic heterocycles. The summed E-state index contributed by atoms with van der Waals surface area (Å²) in [5, 5.41) is 18.3. The van der Waals surface area contributed by atoms with Crippen molar-refractivity contribution < 1.29 is 24.3 Å². The lowest BCUT2D eigenvalue weighted by Crippen LogP contribution is -2.59. The minimum Gasteiger partial charge on any atom is -0.480 e. The number of carbonyl (C=O) groups excluding carboxylic acids is 3. The summed E-state index contributed by atoms with van der Waals surface area (Å²) in [6.45, 7) is 5.11. The maximum absolute atomic E-state index is 13.1. The molecule has 2 rings (SSSR count). The number of benzene rings is 1. The van der Waals surface area contributed by atoms with E-state index in [1.54, 1.807) is 13.1 Å². The van der Waals surface area contributed by atoms with Gasteiger partial charge in [-0.2, -0.15) is 12.6 Å². The molecule has 10 nitrogen and oxygen atoms in total. The maximum atomic E-state index is 13.1. The number of para-hydroxylation sites is 1. The molecule has 1 aromatic carbocycles. The predicted octanol–water partition coefficient (Wildman–Crippen LogP) is 0.573. The van der Waals surface area contributed by atoms with Crippen molar-refractivity contribution in [2.75, 3.05) is 5.75 Å². The number of carbonyl (C=O) groups is 4. The quantitative estimate of drug-likeness (QED) is 0.214. The Kier molecular flexibility index (Phi) is 9.94. The van der Waals surface area contributed by atoms with Gasteiger partial charge in [0.1, 0.15) is 18.1 Å². The SMILES string of the molecule is CCC(C)C(NC(=O)C(CS)NC(=O)C(C)N)C(=O)NC(Cc1c[nH]c2ccccc12)C(=O)O. The first kappa shape index (κ1) is 27.2. The Hall–Kier alpha value is -3.05. The van der Waals surface area contributed by atoms with Gasteiger partial charge in [-0.1, -0.05) is 38.5 Å². The standard InChI is InChI=1S/C23H33N5O5S/c1-4-12(2)19(28-21(30)18(11-34)27-20(29)13(3)24)22(31)26-17(23(32)33)9-14-10-25-16-8-6-5-7-15(14)16/h5-8,10,12-13,17-19,25,34H,4,9,11,24H2,1-3H3,(H,26,31)(H,27,29)(H,28,30)(H,32,33). The van der Waals surface area contributed by atoms with Crippen LogP contribution in [0.5, 0.6) is 0 Å². The van der Waals surface area contributed by atoms with Gasteiger partial charge in [0.05, 0.1) is 6.04 Å². The first-order valence-corrected chi connectivity index (χ1v) is 11.8. The maximum Gasteiger partial charge on any atom is 0.326 e. The normalized spacial score (nSPS) is 15.6. The van der Waals surface area contributed by atoms with Crippen LogP contribution in [0.25, 0.3) is 10.9 Å². The van der Waals surface area contributed by atoms with Crippen LogP contribution in [-0.4, -0.2) is 63.7 Å². The number of fused-ring (bicyclic) bond motifs is 1. The molecule has 0 saturated carbocycles. The Labute approximate surface area is 203 Å². The van der Waals surface area contributed by atoms with E-state index in [-0.39, 0.29) is 18.1 Å². The van der Waals surface area contributed by atoms with Gasteiger partial charge in [0.2, 0.25) is 17.7 Å². The average molecular weight is 492 g/mol. The second-order valence-corrected chi connectivity index (χ2v) is 8.73. The van der Waals surface area contributed by atoms with Crippen molar-refractivity contribution in [1.82, 2.24) is 20.9 Å². The molecule has 0 bridgehead atoms. The summed E-state index contributed by atoms with van der Waals surface area (Å²) in [7, 11) is 0. The highest BCUT2D eigenvalue weighted by molar-refractivity contribution is 7.80. The molecule has 0 aliphatic carbocycles. The summed E-state index contributed by atoms with van der Waals surface area (Å²) in [6, 6.07) is 3.46. The molecule has 7 N–H and O–H groups in total. The van der Waals surface area contributed by atoms with Gasteiger partial charge in [-0.15, -0.1) is 0 Å². The van der Waals surface area contributed by atoms with Crippen molar-refractivity contribution >= 4 is 47.2 Å². The van der Waals surface area contributed by atoms with E-state index in [1.807, 2.05) is 31.2 Å². The fourth-order valence-electron chi connectivity index (χ4n) is 3.44. The Morgan fingerprint density at radius 3 is 2.26 bits per heavy atom. The number of nitrogens with one attached hydrogen (secondary N) is 4. The van der Waals surface area contributed by atoms with Gasteiger partial charge < -0.3 is 31.8 Å². The van der Waals surface area contributed by atoms with Crippen molar-refractivity contribution in [3.8, 4) is 0 Å². The van der Waals surface area contributed by atoms with Crippen LogP contribution in [0.3, 0.4) is 0 Å². The molecule has 0 radical (unpaired) electrons. The van der Waals surface area contributed by atoms with Crippen LogP contribution in [0.15, 0.2) is 30.5 Å². The molecule has 5 atom stereocenters. The third kappa shape index (κ3) is 6.97. The van der Waals surface area contributed by atoms with Gasteiger partial charge in [-0.05, 0) is 24.5 Å². The van der Waals surface area contributed by atoms with E-state index in [2.05, 4.69) is 33.6 Å². The number of aromatic nitrogens is 1. The lowest BCUT2D eigenvalue weighted by Gasteiger charge is -2.27. The number of hydrogen-bond acceptors (Lipinski definition) is 6. The molecule has 1 aromatic heterocycles. The number of thiol groups is 1. The number of aromatic amines is 1. The van der Waals surface area contributed by atoms with Crippen LogP contribution in [0, 0.1) is 5.92 Å². The zero-order chi connectivity index (χ0) is 25.4. The number of aliphatic carboxylic acids is 1. The molecule has 11 heteroatoms. The molecule has 1 heterocycles. The lowest BCUT2D eigenvalue weighted by atomic mass is 9.97. The average Bonchev–Trinajstić information content (AvgIpc) is 3.22. The Morgan fingerprint density at radius 1 is 1.03 bits per heavy atom. The molecule has 5 unspecified atom stereocenters. The minimum atomic E-state index is -1.20. The fraction of sp³-hybridized carbons (Fsp3) is 0.478. The molecule has 0 saturated heterocycles. The number of carboxylic acids is 1. The second kappa shape index (κ2) is 12.4. The highest BCUT2D eigenvalue weighted by atomic mass is 32.1. The van der Waals surface area contributed by atoms with E-state index < -0.39 is 47.9 Å². The van der Waals surface area contributed by atoms with E-state index in [9.17, 15) is 24.3 Å². The van der Waals surface area contributed by atoms with Crippen LogP contribution < -0.4 is 21.7 Å². The summed E-state index contributed by atoms with van der Waals surface area (Å²) < 4.78 is 0. The van der Waals surface area contributed by atoms with Crippen molar-refractivity contribution in [3.63, 3.8) is 0 Å². The van der Waals surface area contributed by atoms with Gasteiger partial charge in [-0.25, -0.2) is 4.79 Å². The first-order chi connectivity index (χ1) is 16.1. The highest BCUT2D eigenvalue weighted by Gasteiger charge is 2.32. The van der Waals surface area contributed by atoms with Crippen molar-refractivity contribution in [2.45, 2.75) is 57.8 Å². The molecular formula is C23H33N5O5S. The molecule has 34 heavy (non-hydrogen) atoms. The predicted molar refractivity (Wildman–Crippen MR) is 132 cm³/mol. The summed E-state index contributed by atoms with van der Waals surface area (Å²) in [6.07, 6.45) is 2.34. The molecular weight excluding hydrogens is 458 g/mol. The smallest absolute Gasteiger partial charge is 0.326 e. The molecule has 0 spiro atoms. The van der Waals surface area contributed by atoms with Crippen LogP contribution in [0.4, 0.5) is 0 Å². The van der Waals surface area contributed by atoms with Gasteiger partial charge in [0.15, 0.2) is 0 Å². The van der Waals surface area contributed by atoms with Crippen molar-refractivity contribution in [2.24, 2.45) is 11.7 Å². The molecule has 2 aromatic rings. The number of rotatable bonds is 12. The highest BCUT2D eigenvalue weighted by Crippen LogP contribution is 2.19. The summed E-state index contributed by atoms with van der Waals surface area (Å²) in [4.78, 5) is 52.8. The number of carboxylic acid groups (broad SMARTS) is 1. The molecule has 3 amide bonds. The number of amides is 3. The number of H-pyrrole nitrogens is 1. The van der Waals surface area contributed by atoms with E-state index in [0.29, 0.717) is 6.42 Å². The largest absolute Gasteiger partial charge is 0.480 e. The lowest BCUT2D eigenvalue weighted by molar-refractivity contribution is -0.142. The molecule has 0 aliphatic rings. The fourth-order valence-corrected chi connectivity index (χ4v) is 3.69. The monoisotopic (exact) mass is 491 g/mol. The van der Waals surface area contributed by atoms with E-state index >= 15 is 0 Å². The van der Waals surface area contributed by atoms with Gasteiger partial charge >= 0.3 is 5.97 Å². The third-order valence-corrected chi connectivity index (χ3v) is 6.10. The van der Waals surface area contributed by atoms with Crippen molar-refractivity contribution in [3.05, 3.63) is 36.0 Å². The molecule has 186 valence electrons. The Morgan fingerprint density at radius 2 is 1.68 bits per heavy atom. The summed E-state index contributed by atoms with van der Waals surface area (Å²) >= 11 is 4.11. The van der Waals surface area contributed by atoms with E-state index in [0.717, 1.165) is 16.5 Å². The van der Waals surface area contributed by atoms with Crippen LogP contribution >= 0.6 is 12.6 Å². The second-order valence-electron chi connectivity index (χ2n) is 8.37. The Balaban J connectivity index is 2.16.